The number of halogens is 1. The molecule has 1 atom stereocenters. The molecule has 0 saturated carbocycles. The number of carbonyl (C=O) groups excluding carboxylic acids is 2. The lowest BCUT2D eigenvalue weighted by Gasteiger charge is -2.40. The van der Waals surface area contributed by atoms with Crippen molar-refractivity contribution in [3.8, 4) is 5.69 Å². The number of aryl methyl sites for hydroxylation is 1. The van der Waals surface area contributed by atoms with Crippen molar-refractivity contribution >= 4 is 40.4 Å². The van der Waals surface area contributed by atoms with Gasteiger partial charge in [0.25, 0.3) is 5.91 Å². The monoisotopic (exact) mass is 550 g/mol. The van der Waals surface area contributed by atoms with Crippen molar-refractivity contribution in [2.24, 2.45) is 5.73 Å². The second-order valence-corrected chi connectivity index (χ2v) is 10.5. The molecular weight excluding hydrogens is 524 g/mol. The number of hydrogen-bond donors (Lipinski definition) is 2. The minimum absolute atomic E-state index is 0.256. The standard InChI is InChI=1S/C31H27ClN6O2/c1-20-7-11-27-25(15-20)23(10-12-29(33)39)28-13-14-31(17-38(27)28,21-5-3-2-4-6-21)36-30(40)24-9-8-22(16-26(24)32)37-18-34-35-19-37/h2-12,15-16,18-19H,13-14,17H2,1H3,(H2,33,39)(H,36,40)/t31-/m1/s1. The fourth-order valence-corrected chi connectivity index (χ4v) is 5.92. The summed E-state index contributed by atoms with van der Waals surface area (Å²) >= 11 is 6.62. The Balaban J connectivity index is 1.42. The van der Waals surface area contributed by atoms with E-state index in [1.54, 1.807) is 35.4 Å². The molecule has 5 aromatic rings. The molecule has 6 rings (SSSR count). The number of nitrogens with zero attached hydrogens (tertiary/aromatic N) is 4. The zero-order valence-corrected chi connectivity index (χ0v) is 22.6. The highest BCUT2D eigenvalue weighted by atomic mass is 35.5. The van der Waals surface area contributed by atoms with Gasteiger partial charge in [0.15, 0.2) is 0 Å². The molecule has 0 saturated heterocycles. The van der Waals surface area contributed by atoms with Crippen LogP contribution in [0.3, 0.4) is 0 Å². The molecule has 2 amide bonds. The third kappa shape index (κ3) is 4.56. The van der Waals surface area contributed by atoms with Crippen LogP contribution in [-0.4, -0.2) is 31.1 Å². The van der Waals surface area contributed by atoms with E-state index in [0.29, 0.717) is 30.0 Å². The van der Waals surface area contributed by atoms with E-state index in [9.17, 15) is 9.59 Å². The van der Waals surface area contributed by atoms with E-state index in [-0.39, 0.29) is 5.91 Å². The maximum atomic E-state index is 13.8. The molecule has 3 heterocycles. The summed E-state index contributed by atoms with van der Waals surface area (Å²) in [6.07, 6.45) is 7.70. The normalized spacial score (nSPS) is 16.8. The van der Waals surface area contributed by atoms with E-state index >= 15 is 0 Å². The second-order valence-electron chi connectivity index (χ2n) is 10.1. The number of aromatic nitrogens is 4. The summed E-state index contributed by atoms with van der Waals surface area (Å²) in [6.45, 7) is 2.56. The lowest BCUT2D eigenvalue weighted by Crippen LogP contribution is -2.51. The number of hydrogen-bond acceptors (Lipinski definition) is 4. The molecule has 0 fully saturated rings. The van der Waals surface area contributed by atoms with E-state index in [4.69, 9.17) is 17.3 Å². The van der Waals surface area contributed by atoms with E-state index in [1.807, 2.05) is 43.3 Å². The smallest absolute Gasteiger partial charge is 0.253 e. The predicted octanol–water partition coefficient (Wildman–Crippen LogP) is 4.95. The van der Waals surface area contributed by atoms with E-state index in [0.717, 1.165) is 39.0 Å². The van der Waals surface area contributed by atoms with Gasteiger partial charge in [0.1, 0.15) is 12.7 Å². The number of rotatable bonds is 6. The molecule has 1 aliphatic rings. The van der Waals surface area contributed by atoms with Crippen LogP contribution in [0.25, 0.3) is 22.7 Å². The van der Waals surface area contributed by atoms with E-state index in [2.05, 4.69) is 38.3 Å². The Morgan fingerprint density at radius 2 is 1.82 bits per heavy atom. The Hall–Kier alpha value is -4.69. The van der Waals surface area contributed by atoms with Crippen molar-refractivity contribution in [2.75, 3.05) is 0 Å². The van der Waals surface area contributed by atoms with Gasteiger partial charge in [-0.15, -0.1) is 10.2 Å². The lowest BCUT2D eigenvalue weighted by atomic mass is 9.81. The van der Waals surface area contributed by atoms with Crippen molar-refractivity contribution < 1.29 is 9.59 Å². The molecule has 0 radical (unpaired) electrons. The first-order valence-electron chi connectivity index (χ1n) is 13.0. The summed E-state index contributed by atoms with van der Waals surface area (Å²) in [5.41, 5.74) is 11.2. The van der Waals surface area contributed by atoms with Crippen LogP contribution in [0.1, 0.15) is 39.2 Å². The van der Waals surface area contributed by atoms with Gasteiger partial charge in [-0.2, -0.15) is 0 Å². The number of nitrogens with two attached hydrogens (primary N) is 1. The molecular formula is C31H27ClN6O2. The van der Waals surface area contributed by atoms with Crippen LogP contribution in [0.15, 0.2) is 85.5 Å². The van der Waals surface area contributed by atoms with Crippen molar-refractivity contribution in [2.45, 2.75) is 31.8 Å². The molecule has 0 aliphatic carbocycles. The number of amides is 2. The number of primary amides is 1. The van der Waals surface area contributed by atoms with Gasteiger partial charge >= 0.3 is 0 Å². The Labute approximate surface area is 236 Å². The largest absolute Gasteiger partial charge is 0.366 e. The van der Waals surface area contributed by atoms with Crippen LogP contribution in [0.5, 0.6) is 0 Å². The molecule has 0 unspecified atom stereocenters. The van der Waals surface area contributed by atoms with E-state index < -0.39 is 11.4 Å². The Kier molecular flexibility index (Phi) is 6.48. The van der Waals surface area contributed by atoms with Crippen molar-refractivity contribution in [3.63, 3.8) is 0 Å². The van der Waals surface area contributed by atoms with Crippen LogP contribution >= 0.6 is 11.6 Å². The summed E-state index contributed by atoms with van der Waals surface area (Å²) < 4.78 is 3.98. The highest BCUT2D eigenvalue weighted by Crippen LogP contribution is 2.40. The van der Waals surface area contributed by atoms with Crippen LogP contribution in [0, 0.1) is 6.92 Å². The van der Waals surface area contributed by atoms with Crippen molar-refractivity contribution in [1.29, 1.82) is 0 Å². The molecule has 0 spiro atoms. The zero-order valence-electron chi connectivity index (χ0n) is 21.8. The minimum Gasteiger partial charge on any atom is -0.366 e. The highest BCUT2D eigenvalue weighted by molar-refractivity contribution is 6.34. The molecule has 40 heavy (non-hydrogen) atoms. The third-order valence-electron chi connectivity index (χ3n) is 7.59. The fourth-order valence-electron chi connectivity index (χ4n) is 5.66. The average molecular weight is 551 g/mol. The first-order chi connectivity index (χ1) is 19.3. The van der Waals surface area contributed by atoms with Crippen LogP contribution in [0.2, 0.25) is 5.02 Å². The Bertz CT molecular complexity index is 1770. The molecule has 1 aliphatic heterocycles. The quantitative estimate of drug-likeness (QED) is 0.291. The van der Waals surface area contributed by atoms with E-state index in [1.165, 1.54) is 6.08 Å². The summed E-state index contributed by atoms with van der Waals surface area (Å²) in [5, 5.41) is 12.4. The zero-order chi connectivity index (χ0) is 27.9. The average Bonchev–Trinajstić information content (AvgIpc) is 3.58. The third-order valence-corrected chi connectivity index (χ3v) is 7.91. The highest BCUT2D eigenvalue weighted by Gasteiger charge is 2.39. The predicted molar refractivity (Wildman–Crippen MR) is 155 cm³/mol. The Morgan fingerprint density at radius 3 is 2.55 bits per heavy atom. The second kappa shape index (κ2) is 10.1. The van der Waals surface area contributed by atoms with Gasteiger partial charge in [0.05, 0.1) is 22.7 Å². The van der Waals surface area contributed by atoms with Gasteiger partial charge in [0.2, 0.25) is 5.91 Å². The topological polar surface area (TPSA) is 108 Å². The maximum absolute atomic E-state index is 13.8. The number of benzene rings is 3. The van der Waals surface area contributed by atoms with Gasteiger partial charge < -0.3 is 15.6 Å². The van der Waals surface area contributed by atoms with Gasteiger partial charge in [-0.1, -0.05) is 53.6 Å². The van der Waals surface area contributed by atoms with Crippen molar-refractivity contribution in [3.05, 3.63) is 118 Å². The molecule has 3 N–H and O–H groups in total. The number of nitrogens with one attached hydrogen (secondary N) is 1. The molecule has 8 nitrogen and oxygen atoms in total. The summed E-state index contributed by atoms with van der Waals surface area (Å²) in [7, 11) is 0. The SMILES string of the molecule is Cc1ccc2c(c1)c(C=CC(N)=O)c1n2C[C@@](NC(=O)c2ccc(-n3cnnc3)cc2Cl)(c2ccccc2)CC1. The van der Waals surface area contributed by atoms with Gasteiger partial charge in [-0.3, -0.25) is 14.2 Å². The summed E-state index contributed by atoms with van der Waals surface area (Å²) in [6, 6.07) is 21.6. The van der Waals surface area contributed by atoms with Crippen molar-refractivity contribution in [1.82, 2.24) is 24.6 Å². The number of fused-ring (bicyclic) bond motifs is 3. The first kappa shape index (κ1) is 25.6. The summed E-state index contributed by atoms with van der Waals surface area (Å²) in [5.74, 6) is -0.747. The first-order valence-corrected chi connectivity index (χ1v) is 13.3. The van der Waals surface area contributed by atoms with Gasteiger partial charge in [0, 0.05) is 33.9 Å². The minimum atomic E-state index is -0.691. The molecule has 0 bridgehead atoms. The Morgan fingerprint density at radius 1 is 1.05 bits per heavy atom. The molecule has 2 aromatic heterocycles. The lowest BCUT2D eigenvalue weighted by molar-refractivity contribution is -0.113. The molecule has 9 heteroatoms. The van der Waals surface area contributed by atoms with Gasteiger partial charge in [-0.05, 0) is 61.7 Å². The van der Waals surface area contributed by atoms with Crippen LogP contribution in [0.4, 0.5) is 0 Å². The summed E-state index contributed by atoms with van der Waals surface area (Å²) in [4.78, 5) is 25.4. The van der Waals surface area contributed by atoms with Crippen LogP contribution in [-0.2, 0) is 23.3 Å². The number of carbonyl (C=O) groups is 2. The van der Waals surface area contributed by atoms with Gasteiger partial charge in [-0.25, -0.2) is 0 Å². The van der Waals surface area contributed by atoms with Crippen LogP contribution < -0.4 is 11.1 Å². The maximum Gasteiger partial charge on any atom is 0.253 e. The molecule has 200 valence electrons. The molecule has 3 aromatic carbocycles. The fraction of sp³-hybridized carbons (Fsp3) is 0.161.